The molecule has 0 amide bonds. The zero-order valence-electron chi connectivity index (χ0n) is 8.96. The number of rotatable bonds is 1. The number of anilines is 1. The fraction of sp³-hybridized carbons (Fsp3) is 0.364. The van der Waals surface area contributed by atoms with Gasteiger partial charge in [-0.3, -0.25) is 4.98 Å². The minimum absolute atomic E-state index is 0.00551. The van der Waals surface area contributed by atoms with Gasteiger partial charge in [0.15, 0.2) is 0 Å². The monoisotopic (exact) mass is 191 g/mol. The van der Waals surface area contributed by atoms with Crippen molar-refractivity contribution in [3.05, 3.63) is 22.8 Å². The maximum atomic E-state index is 5.53. The summed E-state index contributed by atoms with van der Waals surface area (Å²) in [4.78, 5) is 4.08. The van der Waals surface area contributed by atoms with Crippen LogP contribution in [0.25, 0.3) is 12.8 Å². The summed E-state index contributed by atoms with van der Waals surface area (Å²) in [5.41, 5.74) is 6.50. The molecule has 1 rings (SSSR count). The molecule has 0 saturated carbocycles. The molecule has 0 aliphatic heterocycles. The zero-order valence-corrected chi connectivity index (χ0v) is 8.96. The van der Waals surface area contributed by atoms with Crippen molar-refractivity contribution in [1.29, 1.82) is 0 Å². The summed E-state index contributed by atoms with van der Waals surface area (Å²) in [6, 6.07) is 1.90. The highest BCUT2D eigenvalue weighted by Crippen LogP contribution is 2.07. The van der Waals surface area contributed by atoms with E-state index in [0.29, 0.717) is 5.35 Å². The van der Waals surface area contributed by atoms with Crippen LogP contribution in [0.15, 0.2) is 12.3 Å². The standard InChI is InChI=1S/C11H17N3/c1-8-9(7-12)10(5-6-13-8)14-11(2,3)4/h5-7,14H,1,12H2,2-4H3/b9-7-. The van der Waals surface area contributed by atoms with Gasteiger partial charge in [-0.1, -0.05) is 6.58 Å². The molecule has 1 aromatic rings. The van der Waals surface area contributed by atoms with Gasteiger partial charge in [0, 0.05) is 28.8 Å². The second-order valence-corrected chi connectivity index (χ2v) is 4.26. The van der Waals surface area contributed by atoms with E-state index in [-0.39, 0.29) is 5.54 Å². The number of nitrogens with two attached hydrogens (primary N) is 1. The van der Waals surface area contributed by atoms with Crippen LogP contribution >= 0.6 is 0 Å². The highest BCUT2D eigenvalue weighted by Gasteiger charge is 2.09. The van der Waals surface area contributed by atoms with Crippen LogP contribution in [-0.4, -0.2) is 10.5 Å². The molecule has 0 aliphatic carbocycles. The molecule has 0 aliphatic rings. The van der Waals surface area contributed by atoms with Gasteiger partial charge in [-0.15, -0.1) is 0 Å². The highest BCUT2D eigenvalue weighted by molar-refractivity contribution is 5.48. The maximum absolute atomic E-state index is 5.53. The number of hydrogen-bond acceptors (Lipinski definition) is 3. The van der Waals surface area contributed by atoms with Crippen LogP contribution in [-0.2, 0) is 0 Å². The van der Waals surface area contributed by atoms with E-state index < -0.39 is 0 Å². The molecule has 0 fully saturated rings. The summed E-state index contributed by atoms with van der Waals surface area (Å²) in [5, 5.41) is 4.91. The predicted molar refractivity (Wildman–Crippen MR) is 61.0 cm³/mol. The number of aromatic nitrogens is 1. The molecular formula is C11H17N3. The van der Waals surface area contributed by atoms with Gasteiger partial charge in [0.1, 0.15) is 0 Å². The molecule has 1 heterocycles. The zero-order chi connectivity index (χ0) is 10.8. The van der Waals surface area contributed by atoms with Gasteiger partial charge in [0.25, 0.3) is 0 Å². The van der Waals surface area contributed by atoms with E-state index in [1.165, 1.54) is 6.20 Å². The summed E-state index contributed by atoms with van der Waals surface area (Å²) < 4.78 is 0. The lowest BCUT2D eigenvalue weighted by atomic mass is 10.1. The molecule has 0 spiro atoms. The average molecular weight is 191 g/mol. The molecule has 0 aromatic carbocycles. The lowest BCUT2D eigenvalue weighted by Gasteiger charge is -2.22. The number of hydrogen-bond donors (Lipinski definition) is 2. The molecule has 1 aromatic heterocycles. The van der Waals surface area contributed by atoms with Gasteiger partial charge in [0.05, 0.1) is 5.35 Å². The molecule has 14 heavy (non-hydrogen) atoms. The van der Waals surface area contributed by atoms with Crippen molar-refractivity contribution in [2.24, 2.45) is 5.73 Å². The molecule has 3 N–H and O–H groups in total. The van der Waals surface area contributed by atoms with Crippen molar-refractivity contribution in [3.8, 4) is 0 Å². The van der Waals surface area contributed by atoms with Crippen LogP contribution in [0, 0.1) is 0 Å². The van der Waals surface area contributed by atoms with Crippen molar-refractivity contribution in [2.45, 2.75) is 26.3 Å². The Morgan fingerprint density at radius 3 is 2.64 bits per heavy atom. The molecule has 0 saturated heterocycles. The van der Waals surface area contributed by atoms with Gasteiger partial charge < -0.3 is 11.1 Å². The van der Waals surface area contributed by atoms with Crippen LogP contribution < -0.4 is 21.6 Å². The van der Waals surface area contributed by atoms with E-state index in [2.05, 4.69) is 37.7 Å². The largest absolute Gasteiger partial charge is 0.404 e. The summed E-state index contributed by atoms with van der Waals surface area (Å²) >= 11 is 0. The van der Waals surface area contributed by atoms with E-state index >= 15 is 0 Å². The molecule has 3 heteroatoms. The van der Waals surface area contributed by atoms with Crippen molar-refractivity contribution >= 4 is 18.5 Å². The minimum atomic E-state index is 0.00551. The molecule has 3 nitrogen and oxygen atoms in total. The fourth-order valence-electron chi connectivity index (χ4n) is 1.22. The third-order valence-corrected chi connectivity index (χ3v) is 1.75. The van der Waals surface area contributed by atoms with Crippen LogP contribution in [0.3, 0.4) is 0 Å². The van der Waals surface area contributed by atoms with E-state index in [1.807, 2.05) is 6.07 Å². The van der Waals surface area contributed by atoms with Crippen molar-refractivity contribution in [1.82, 2.24) is 4.98 Å². The van der Waals surface area contributed by atoms with Gasteiger partial charge in [0.2, 0.25) is 0 Å². The smallest absolute Gasteiger partial charge is 0.0665 e. The van der Waals surface area contributed by atoms with Gasteiger partial charge in [-0.2, -0.15) is 0 Å². The summed E-state index contributed by atoms with van der Waals surface area (Å²) in [6.07, 6.45) is 3.26. The highest BCUT2D eigenvalue weighted by atomic mass is 15.0. The summed E-state index contributed by atoms with van der Waals surface area (Å²) in [7, 11) is 0. The van der Waals surface area contributed by atoms with Crippen LogP contribution in [0.1, 0.15) is 20.8 Å². The molecule has 0 bridgehead atoms. The number of nitrogens with one attached hydrogen (secondary N) is 1. The molecule has 0 atom stereocenters. The molecular weight excluding hydrogens is 174 g/mol. The summed E-state index contributed by atoms with van der Waals surface area (Å²) in [6.45, 7) is 10.1. The van der Waals surface area contributed by atoms with E-state index in [0.717, 1.165) is 10.9 Å². The quantitative estimate of drug-likeness (QED) is 0.675. The van der Waals surface area contributed by atoms with Crippen molar-refractivity contribution < 1.29 is 0 Å². The fourth-order valence-corrected chi connectivity index (χ4v) is 1.22. The molecule has 0 radical (unpaired) electrons. The topological polar surface area (TPSA) is 50.9 Å². The first-order chi connectivity index (χ1) is 6.44. The van der Waals surface area contributed by atoms with E-state index in [1.54, 1.807) is 6.20 Å². The Morgan fingerprint density at radius 2 is 2.14 bits per heavy atom. The third-order valence-electron chi connectivity index (χ3n) is 1.75. The van der Waals surface area contributed by atoms with E-state index in [9.17, 15) is 0 Å². The molecule has 0 unspecified atom stereocenters. The van der Waals surface area contributed by atoms with E-state index in [4.69, 9.17) is 5.73 Å². The maximum Gasteiger partial charge on any atom is 0.0665 e. The first-order valence-corrected chi connectivity index (χ1v) is 4.58. The van der Waals surface area contributed by atoms with Crippen LogP contribution in [0.2, 0.25) is 0 Å². The lowest BCUT2D eigenvalue weighted by molar-refractivity contribution is 0.633. The SMILES string of the molecule is C=c1nccc(NC(C)(C)C)/c1=C\N. The first-order valence-electron chi connectivity index (χ1n) is 4.58. The van der Waals surface area contributed by atoms with Gasteiger partial charge in [-0.05, 0) is 26.8 Å². The Morgan fingerprint density at radius 1 is 1.50 bits per heavy atom. The average Bonchev–Trinajstić information content (AvgIpc) is 2.01. The Hall–Kier alpha value is -1.51. The Bertz CT molecular complexity index is 415. The Kier molecular flexibility index (Phi) is 2.79. The van der Waals surface area contributed by atoms with Gasteiger partial charge >= 0.3 is 0 Å². The van der Waals surface area contributed by atoms with Crippen LogP contribution in [0.5, 0.6) is 0 Å². The van der Waals surface area contributed by atoms with Crippen LogP contribution in [0.4, 0.5) is 5.69 Å². The number of pyridine rings is 1. The minimum Gasteiger partial charge on any atom is -0.404 e. The van der Waals surface area contributed by atoms with Crippen molar-refractivity contribution in [3.63, 3.8) is 0 Å². The Labute approximate surface area is 84.4 Å². The second kappa shape index (κ2) is 3.70. The predicted octanol–water partition coefficient (Wildman–Crippen LogP) is 0.399. The summed E-state index contributed by atoms with van der Waals surface area (Å²) in [5.74, 6) is 0. The third kappa shape index (κ3) is 2.49. The normalized spacial score (nSPS) is 12.9. The van der Waals surface area contributed by atoms with Crippen molar-refractivity contribution in [2.75, 3.05) is 5.32 Å². The lowest BCUT2D eigenvalue weighted by Crippen LogP contribution is -2.36. The molecule has 76 valence electrons. The first kappa shape index (κ1) is 10.6. The van der Waals surface area contributed by atoms with Gasteiger partial charge in [-0.25, -0.2) is 0 Å². The Balaban J connectivity index is 3.24. The second-order valence-electron chi connectivity index (χ2n) is 4.26. The number of nitrogens with zero attached hydrogens (tertiary/aromatic N) is 1.